The Morgan fingerprint density at radius 2 is 1.68 bits per heavy atom. The van der Waals surface area contributed by atoms with E-state index in [0.29, 0.717) is 17.9 Å². The van der Waals surface area contributed by atoms with Crippen LogP contribution in [0.15, 0.2) is 54.6 Å². The largest absolute Gasteiger partial charge is 0.492 e. The van der Waals surface area contributed by atoms with Crippen LogP contribution in [0.3, 0.4) is 0 Å². The van der Waals surface area contributed by atoms with Gasteiger partial charge in [0.2, 0.25) is 0 Å². The molecule has 0 fully saturated rings. The zero-order chi connectivity index (χ0) is 18.3. The van der Waals surface area contributed by atoms with E-state index in [0.717, 1.165) is 6.42 Å². The monoisotopic (exact) mass is 341 g/mol. The first kappa shape index (κ1) is 18.5. The summed E-state index contributed by atoms with van der Waals surface area (Å²) in [5, 5.41) is 11.9. The van der Waals surface area contributed by atoms with Crippen LogP contribution in [0.25, 0.3) is 0 Å². The molecular formula is C20H23NO4. The molecule has 132 valence electrons. The van der Waals surface area contributed by atoms with Gasteiger partial charge in [0.1, 0.15) is 12.4 Å². The molecule has 0 aliphatic rings. The summed E-state index contributed by atoms with van der Waals surface area (Å²) in [5.74, 6) is -0.523. The van der Waals surface area contributed by atoms with Gasteiger partial charge >= 0.3 is 5.97 Å². The van der Waals surface area contributed by atoms with Crippen molar-refractivity contribution in [3.05, 3.63) is 65.7 Å². The van der Waals surface area contributed by atoms with E-state index in [1.165, 1.54) is 5.56 Å². The first-order chi connectivity index (χ1) is 11.9. The van der Waals surface area contributed by atoms with E-state index in [2.05, 4.69) is 5.32 Å². The number of aliphatic carboxylic acids is 1. The van der Waals surface area contributed by atoms with Crippen molar-refractivity contribution in [1.82, 2.24) is 5.32 Å². The van der Waals surface area contributed by atoms with Gasteiger partial charge in [0, 0.05) is 12.1 Å². The van der Waals surface area contributed by atoms with E-state index in [1.807, 2.05) is 30.3 Å². The molecule has 0 saturated heterocycles. The lowest BCUT2D eigenvalue weighted by molar-refractivity contribution is -0.148. The molecule has 5 nitrogen and oxygen atoms in total. The summed E-state index contributed by atoms with van der Waals surface area (Å²) in [5.41, 5.74) is 0.749. The van der Waals surface area contributed by atoms with Crippen LogP contribution in [0.2, 0.25) is 0 Å². The topological polar surface area (TPSA) is 75.6 Å². The van der Waals surface area contributed by atoms with Crippen molar-refractivity contribution >= 4 is 11.9 Å². The van der Waals surface area contributed by atoms with Crippen molar-refractivity contribution in [2.45, 2.75) is 20.3 Å². The summed E-state index contributed by atoms with van der Waals surface area (Å²) < 4.78 is 5.49. The van der Waals surface area contributed by atoms with Crippen molar-refractivity contribution in [3.8, 4) is 5.75 Å². The van der Waals surface area contributed by atoms with Crippen LogP contribution in [0, 0.1) is 5.41 Å². The molecule has 0 aromatic heterocycles. The van der Waals surface area contributed by atoms with Gasteiger partial charge in [-0.3, -0.25) is 9.59 Å². The highest BCUT2D eigenvalue weighted by Gasteiger charge is 2.28. The summed E-state index contributed by atoms with van der Waals surface area (Å²) in [7, 11) is 0. The number of nitrogens with one attached hydrogen (secondary N) is 1. The minimum absolute atomic E-state index is 0.0605. The van der Waals surface area contributed by atoms with Gasteiger partial charge in [-0.2, -0.15) is 0 Å². The van der Waals surface area contributed by atoms with Crippen molar-refractivity contribution in [2.75, 3.05) is 13.2 Å². The van der Waals surface area contributed by atoms with E-state index in [1.54, 1.807) is 38.1 Å². The highest BCUT2D eigenvalue weighted by atomic mass is 16.5. The Labute approximate surface area is 147 Å². The first-order valence-electron chi connectivity index (χ1n) is 8.17. The molecule has 0 radical (unpaired) electrons. The molecule has 2 aromatic rings. The third-order valence-electron chi connectivity index (χ3n) is 3.84. The molecule has 5 heteroatoms. The SMILES string of the molecule is CC(C)(COc1ccc(C(=O)NCCc2ccccc2)cc1)C(=O)O. The number of carbonyl (C=O) groups excluding carboxylic acids is 1. The predicted octanol–water partition coefficient (Wildman–Crippen LogP) is 3.15. The number of carboxylic acid groups (broad SMARTS) is 1. The molecule has 0 bridgehead atoms. The third-order valence-corrected chi connectivity index (χ3v) is 3.84. The molecule has 1 amide bonds. The van der Waals surface area contributed by atoms with E-state index in [9.17, 15) is 9.59 Å². The number of carboxylic acids is 1. The fourth-order valence-corrected chi connectivity index (χ4v) is 2.10. The molecule has 0 spiro atoms. The first-order valence-corrected chi connectivity index (χ1v) is 8.17. The number of hydrogen-bond acceptors (Lipinski definition) is 3. The van der Waals surface area contributed by atoms with Gasteiger partial charge in [0.05, 0.1) is 5.41 Å². The Bertz CT molecular complexity index is 708. The van der Waals surface area contributed by atoms with Crippen LogP contribution in [0.5, 0.6) is 5.75 Å². The predicted molar refractivity (Wildman–Crippen MR) is 95.8 cm³/mol. The second kappa shape index (κ2) is 8.33. The van der Waals surface area contributed by atoms with Gasteiger partial charge in [-0.1, -0.05) is 30.3 Å². The molecule has 0 aliphatic heterocycles. The lowest BCUT2D eigenvalue weighted by Gasteiger charge is -2.19. The van der Waals surface area contributed by atoms with Crippen LogP contribution in [-0.4, -0.2) is 30.1 Å². The van der Waals surface area contributed by atoms with Gasteiger partial charge in [0.25, 0.3) is 5.91 Å². The van der Waals surface area contributed by atoms with Crippen molar-refractivity contribution < 1.29 is 19.4 Å². The van der Waals surface area contributed by atoms with E-state index < -0.39 is 11.4 Å². The number of hydrogen-bond donors (Lipinski definition) is 2. The smallest absolute Gasteiger partial charge is 0.312 e. The van der Waals surface area contributed by atoms with Crippen LogP contribution >= 0.6 is 0 Å². The Kier molecular flexibility index (Phi) is 6.17. The van der Waals surface area contributed by atoms with E-state index >= 15 is 0 Å². The van der Waals surface area contributed by atoms with Crippen LogP contribution in [0.1, 0.15) is 29.8 Å². The number of carbonyl (C=O) groups is 2. The van der Waals surface area contributed by atoms with Crippen molar-refractivity contribution in [2.24, 2.45) is 5.41 Å². The van der Waals surface area contributed by atoms with Crippen LogP contribution in [-0.2, 0) is 11.2 Å². The average Bonchev–Trinajstić information content (AvgIpc) is 2.61. The van der Waals surface area contributed by atoms with Crippen molar-refractivity contribution in [1.29, 1.82) is 0 Å². The Morgan fingerprint density at radius 1 is 1.04 bits per heavy atom. The second-order valence-corrected chi connectivity index (χ2v) is 6.49. The van der Waals surface area contributed by atoms with Gasteiger partial charge in [-0.05, 0) is 50.1 Å². The maximum absolute atomic E-state index is 12.1. The minimum atomic E-state index is -0.965. The highest BCUT2D eigenvalue weighted by molar-refractivity contribution is 5.94. The molecule has 0 atom stereocenters. The summed E-state index contributed by atoms with van der Waals surface area (Å²) in [4.78, 5) is 23.2. The zero-order valence-corrected chi connectivity index (χ0v) is 14.5. The number of benzene rings is 2. The molecule has 0 unspecified atom stereocenters. The summed E-state index contributed by atoms with van der Waals surface area (Å²) in [6, 6.07) is 16.6. The van der Waals surface area contributed by atoms with Gasteiger partial charge in [-0.15, -0.1) is 0 Å². The summed E-state index contributed by atoms with van der Waals surface area (Å²) in [6.45, 7) is 3.83. The van der Waals surface area contributed by atoms with Gasteiger partial charge < -0.3 is 15.2 Å². The third kappa shape index (κ3) is 5.64. The molecular weight excluding hydrogens is 318 g/mol. The molecule has 2 rings (SSSR count). The maximum Gasteiger partial charge on any atom is 0.312 e. The number of ether oxygens (including phenoxy) is 1. The number of rotatable bonds is 8. The van der Waals surface area contributed by atoms with E-state index in [4.69, 9.17) is 9.84 Å². The summed E-state index contributed by atoms with van der Waals surface area (Å²) >= 11 is 0. The molecule has 2 aromatic carbocycles. The van der Waals surface area contributed by atoms with E-state index in [-0.39, 0.29) is 12.5 Å². The molecule has 0 heterocycles. The van der Waals surface area contributed by atoms with Crippen LogP contribution < -0.4 is 10.1 Å². The Balaban J connectivity index is 1.82. The standard InChI is InChI=1S/C20H23NO4/c1-20(2,19(23)24)14-25-17-10-8-16(9-11-17)18(22)21-13-12-15-6-4-3-5-7-15/h3-11H,12-14H2,1-2H3,(H,21,22)(H,23,24). The zero-order valence-electron chi connectivity index (χ0n) is 14.5. The van der Waals surface area contributed by atoms with Gasteiger partial charge in [0.15, 0.2) is 0 Å². The molecule has 0 aliphatic carbocycles. The van der Waals surface area contributed by atoms with Gasteiger partial charge in [-0.25, -0.2) is 0 Å². The van der Waals surface area contributed by atoms with Crippen LogP contribution in [0.4, 0.5) is 0 Å². The maximum atomic E-state index is 12.1. The normalized spacial score (nSPS) is 11.0. The number of amides is 1. The Morgan fingerprint density at radius 3 is 2.28 bits per heavy atom. The fourth-order valence-electron chi connectivity index (χ4n) is 2.10. The lowest BCUT2D eigenvalue weighted by atomic mass is 9.95. The van der Waals surface area contributed by atoms with Crippen molar-refractivity contribution in [3.63, 3.8) is 0 Å². The highest BCUT2D eigenvalue weighted by Crippen LogP contribution is 2.19. The quantitative estimate of drug-likeness (QED) is 0.773. The molecule has 0 saturated carbocycles. The molecule has 2 N–H and O–H groups in total. The summed E-state index contributed by atoms with van der Waals surface area (Å²) in [6.07, 6.45) is 0.776. The second-order valence-electron chi connectivity index (χ2n) is 6.49. The lowest BCUT2D eigenvalue weighted by Crippen LogP contribution is -2.30. The fraction of sp³-hybridized carbons (Fsp3) is 0.300. The average molecular weight is 341 g/mol. The minimum Gasteiger partial charge on any atom is -0.492 e. The molecule has 25 heavy (non-hydrogen) atoms. The Hall–Kier alpha value is -2.82.